The lowest BCUT2D eigenvalue weighted by molar-refractivity contribution is -0.929. The van der Waals surface area contributed by atoms with E-state index >= 15 is 0 Å². The first-order chi connectivity index (χ1) is 26.0. The van der Waals surface area contributed by atoms with Crippen LogP contribution in [0.5, 0.6) is 5.75 Å². The molecule has 0 radical (unpaired) electrons. The van der Waals surface area contributed by atoms with Crippen LogP contribution in [0, 0.1) is 10.1 Å². The third-order valence-corrected chi connectivity index (χ3v) is 11.2. The number of hydrogen-bond acceptors (Lipinski definition) is 5. The van der Waals surface area contributed by atoms with E-state index in [0.717, 1.165) is 27.9 Å². The van der Waals surface area contributed by atoms with E-state index < -0.39 is 16.1 Å². The van der Waals surface area contributed by atoms with Crippen molar-refractivity contribution >= 4 is 23.5 Å². The molecule has 1 aliphatic heterocycles. The third-order valence-electron chi connectivity index (χ3n) is 11.2. The lowest BCUT2D eigenvalue weighted by Crippen LogP contribution is -2.52. The molecule has 0 spiro atoms. The van der Waals surface area contributed by atoms with Crippen LogP contribution in [0.25, 0.3) is 12.2 Å². The van der Waals surface area contributed by atoms with Gasteiger partial charge < -0.3 is 19.6 Å². The normalized spacial score (nSPS) is 16.2. The molecule has 0 aliphatic carbocycles. The van der Waals surface area contributed by atoms with E-state index in [-0.39, 0.29) is 18.0 Å². The van der Waals surface area contributed by atoms with E-state index in [1.165, 1.54) is 94.2 Å². The van der Waals surface area contributed by atoms with Gasteiger partial charge in [0.05, 0.1) is 31.1 Å². The van der Waals surface area contributed by atoms with E-state index in [2.05, 4.69) is 27.7 Å². The number of rotatable bonds is 18. The van der Waals surface area contributed by atoms with Gasteiger partial charge in [0.2, 0.25) is 0 Å². The van der Waals surface area contributed by atoms with Crippen LogP contribution in [0.3, 0.4) is 0 Å². The number of nitrogens with zero attached hydrogens (tertiary/aromatic N) is 3. The molecule has 0 saturated carbocycles. The van der Waals surface area contributed by atoms with E-state index in [1.807, 2.05) is 91.6 Å². The van der Waals surface area contributed by atoms with Crippen LogP contribution in [0.4, 0.5) is 11.4 Å². The monoisotopic (exact) mass is 733 g/mol. The molecule has 0 amide bonds. The predicted molar refractivity (Wildman–Crippen MR) is 223 cm³/mol. The molecular formula is C47H63N3O4. The van der Waals surface area contributed by atoms with Gasteiger partial charge in [-0.05, 0) is 66.1 Å². The Labute approximate surface area is 324 Å². The topological polar surface area (TPSA) is 89.7 Å². The Morgan fingerprint density at radius 3 is 1.74 bits per heavy atom. The summed E-state index contributed by atoms with van der Waals surface area (Å²) in [4.78, 5) is 12.4. The Kier molecular flexibility index (Phi) is 15.5. The van der Waals surface area contributed by atoms with Crippen molar-refractivity contribution in [3.63, 3.8) is 0 Å². The van der Waals surface area contributed by atoms with Gasteiger partial charge in [-0.2, -0.15) is 0 Å². The molecular weight excluding hydrogens is 671 g/mol. The quantitative estimate of drug-likeness (QED) is 0.0476. The number of nitro groups is 1. The summed E-state index contributed by atoms with van der Waals surface area (Å²) in [7, 11) is 0. The van der Waals surface area contributed by atoms with Crippen molar-refractivity contribution in [1.29, 1.82) is 0 Å². The first-order valence-corrected chi connectivity index (χ1v) is 20.2. The zero-order chi connectivity index (χ0) is 39.2. The van der Waals surface area contributed by atoms with Crippen LogP contribution in [0.1, 0.15) is 121 Å². The number of quaternary nitrogens is 1. The second-order valence-electron chi connectivity index (χ2n) is 15.5. The summed E-state index contributed by atoms with van der Waals surface area (Å²) in [6, 6.07) is 28.9. The molecule has 1 heterocycles. The zero-order valence-electron chi connectivity index (χ0n) is 33.6. The number of anilines is 1. The number of fused-ring (bicyclic) bond motifs is 1. The molecule has 1 unspecified atom stereocenters. The maximum absolute atomic E-state index is 13.0. The first-order valence-electron chi connectivity index (χ1n) is 20.2. The lowest BCUT2D eigenvalue weighted by atomic mass is 9.74. The summed E-state index contributed by atoms with van der Waals surface area (Å²) in [5, 5.41) is 36.2. The van der Waals surface area contributed by atoms with Crippen LogP contribution in [-0.2, 0) is 17.7 Å². The second kappa shape index (κ2) is 19.7. The van der Waals surface area contributed by atoms with Crippen LogP contribution in [0.2, 0.25) is 0 Å². The highest BCUT2D eigenvalue weighted by atomic mass is 16.6. The number of hydrogen-bond donors (Lipinski definition) is 1. The number of non-ortho nitro benzene ring substituents is 1. The summed E-state index contributed by atoms with van der Waals surface area (Å²) >= 11 is 0. The van der Waals surface area contributed by atoms with Crippen molar-refractivity contribution in [2.45, 2.75) is 111 Å². The molecule has 7 heteroatoms. The van der Waals surface area contributed by atoms with Gasteiger partial charge in [0.15, 0.2) is 5.72 Å². The van der Waals surface area contributed by atoms with Gasteiger partial charge in [0.1, 0.15) is 0 Å². The van der Waals surface area contributed by atoms with Gasteiger partial charge >= 0.3 is 0 Å². The van der Waals surface area contributed by atoms with E-state index in [9.17, 15) is 20.3 Å². The van der Waals surface area contributed by atoms with Gasteiger partial charge in [-0.1, -0.05) is 146 Å². The molecule has 290 valence electrons. The zero-order valence-corrected chi connectivity index (χ0v) is 33.6. The fraction of sp³-hybridized carbons (Fsp3) is 0.447. The number of unbranched alkanes of at least 4 members (excludes halogenated alkanes) is 4. The highest BCUT2D eigenvalue weighted by Gasteiger charge is 2.57. The summed E-state index contributed by atoms with van der Waals surface area (Å²) in [5.41, 5.74) is 2.90. The minimum absolute atomic E-state index is 0.0369. The first kappa shape index (κ1) is 42.3. The minimum atomic E-state index is -1.37. The highest BCUT2D eigenvalue weighted by Crippen LogP contribution is 2.56. The lowest BCUT2D eigenvalue weighted by Gasteiger charge is -2.44. The molecule has 0 fully saturated rings. The van der Waals surface area contributed by atoms with Gasteiger partial charge in [0, 0.05) is 35.3 Å². The Balaban J connectivity index is 0.000000324. The van der Waals surface area contributed by atoms with Crippen molar-refractivity contribution in [2.24, 2.45) is 0 Å². The standard InChI is InChI=1S/C31H28N2O4.C16H36N/c1-30(2)27-10-6-7-11-28(27)32(31(30,35)25-8-4-3-5-9-25)21-24-20-23(16-19-29(24)34)13-12-22-14-17-26(18-15-22)33(36)37;1-5-9-13-17(14-10-6-2,15-11-7-3)16-12-8-4/h3-20,34-35H,21H2,1-2H3;5-16H2,1-4H3/q;+1/p-1/b13-12+;. The smallest absolute Gasteiger partial charge is 0.269 e. The van der Waals surface area contributed by atoms with Gasteiger partial charge in [0.25, 0.3) is 5.69 Å². The third kappa shape index (κ3) is 9.99. The maximum Gasteiger partial charge on any atom is 0.269 e. The molecule has 0 aromatic heterocycles. The average molecular weight is 734 g/mol. The Morgan fingerprint density at radius 2 is 1.20 bits per heavy atom. The molecule has 1 aliphatic rings. The van der Waals surface area contributed by atoms with Crippen molar-refractivity contribution in [3.05, 3.63) is 135 Å². The van der Waals surface area contributed by atoms with Crippen molar-refractivity contribution in [3.8, 4) is 5.75 Å². The Bertz CT molecular complexity index is 1750. The summed E-state index contributed by atoms with van der Waals surface area (Å²) < 4.78 is 1.42. The maximum atomic E-state index is 13.0. The van der Waals surface area contributed by atoms with Crippen LogP contribution in [-0.4, -0.2) is 40.7 Å². The molecule has 4 aromatic rings. The van der Waals surface area contributed by atoms with E-state index in [0.29, 0.717) is 5.56 Å². The predicted octanol–water partition coefficient (Wildman–Crippen LogP) is 11.0. The Morgan fingerprint density at radius 1 is 0.704 bits per heavy atom. The molecule has 54 heavy (non-hydrogen) atoms. The molecule has 7 nitrogen and oxygen atoms in total. The number of aliphatic hydroxyl groups is 1. The van der Waals surface area contributed by atoms with Crippen molar-refractivity contribution in [2.75, 3.05) is 31.1 Å². The summed E-state index contributed by atoms with van der Waals surface area (Å²) in [6.45, 7) is 19.3. The van der Waals surface area contributed by atoms with Crippen LogP contribution >= 0.6 is 0 Å². The van der Waals surface area contributed by atoms with Gasteiger partial charge in [-0.15, -0.1) is 5.75 Å². The molecule has 4 aromatic carbocycles. The Hall–Kier alpha value is -4.46. The van der Waals surface area contributed by atoms with Crippen molar-refractivity contribution in [1.82, 2.24) is 0 Å². The summed E-state index contributed by atoms with van der Waals surface area (Å²) in [5.74, 6) is -0.106. The highest BCUT2D eigenvalue weighted by molar-refractivity contribution is 5.72. The SMILES string of the molecule is CC1(C)c2ccccc2N(Cc2cc(/C=C/c3ccc([N+](=O)[O-])cc3)ccc2[O-])C1(O)c1ccccc1.CCCC[N+](CCCC)(CCCC)CCCC. The molecule has 5 rings (SSSR count). The van der Waals surface area contributed by atoms with E-state index in [1.54, 1.807) is 24.3 Å². The number of nitro benzene ring substituents is 1. The molecule has 0 bridgehead atoms. The van der Waals surface area contributed by atoms with Crippen molar-refractivity contribution < 1.29 is 19.6 Å². The largest absolute Gasteiger partial charge is 0.872 e. The molecule has 0 saturated heterocycles. The van der Waals surface area contributed by atoms with Crippen LogP contribution in [0.15, 0.2) is 97.1 Å². The van der Waals surface area contributed by atoms with Crippen LogP contribution < -0.4 is 10.0 Å². The second-order valence-corrected chi connectivity index (χ2v) is 15.5. The molecule has 1 atom stereocenters. The van der Waals surface area contributed by atoms with E-state index in [4.69, 9.17) is 0 Å². The fourth-order valence-electron chi connectivity index (χ4n) is 7.87. The fourth-order valence-corrected chi connectivity index (χ4v) is 7.87. The average Bonchev–Trinajstić information content (AvgIpc) is 3.36. The van der Waals surface area contributed by atoms with Gasteiger partial charge in [-0.3, -0.25) is 10.1 Å². The molecule has 1 N–H and O–H groups in total. The minimum Gasteiger partial charge on any atom is -0.872 e. The summed E-state index contributed by atoms with van der Waals surface area (Å²) in [6.07, 6.45) is 14.8. The number of benzene rings is 4. The number of para-hydroxylation sites is 1. The van der Waals surface area contributed by atoms with Gasteiger partial charge in [-0.25, -0.2) is 0 Å².